The molecule has 2 aromatic rings. The molecule has 0 fully saturated rings. The standard InChI is InChI=1S/C15H20BrN3S/c1-3-14(17)15(12-6-4-5-7-13(12)16)19(2)8-11-9-20-10-18-11/h4-7,9-10,14-15H,3,8,17H2,1-2H3. The summed E-state index contributed by atoms with van der Waals surface area (Å²) in [5, 5.41) is 2.09. The van der Waals surface area contributed by atoms with E-state index >= 15 is 0 Å². The molecule has 0 aliphatic carbocycles. The first-order valence-electron chi connectivity index (χ1n) is 6.70. The minimum absolute atomic E-state index is 0.0948. The van der Waals surface area contributed by atoms with Gasteiger partial charge in [-0.05, 0) is 25.1 Å². The first-order chi connectivity index (χ1) is 9.63. The fourth-order valence-corrected chi connectivity index (χ4v) is 3.47. The van der Waals surface area contributed by atoms with E-state index in [2.05, 4.69) is 63.4 Å². The molecule has 1 aromatic heterocycles. The van der Waals surface area contributed by atoms with Crippen LogP contribution in [-0.4, -0.2) is 23.0 Å². The lowest BCUT2D eigenvalue weighted by Gasteiger charge is -2.33. The number of halogens is 1. The Morgan fingerprint density at radius 3 is 2.75 bits per heavy atom. The van der Waals surface area contributed by atoms with Crippen molar-refractivity contribution in [2.45, 2.75) is 32.0 Å². The topological polar surface area (TPSA) is 42.1 Å². The van der Waals surface area contributed by atoms with E-state index in [0.717, 1.165) is 23.1 Å². The van der Waals surface area contributed by atoms with Gasteiger partial charge in [0.05, 0.1) is 17.2 Å². The summed E-state index contributed by atoms with van der Waals surface area (Å²) in [5.74, 6) is 0. The van der Waals surface area contributed by atoms with Crippen LogP contribution in [0.15, 0.2) is 39.6 Å². The maximum Gasteiger partial charge on any atom is 0.0795 e. The normalized spacial score (nSPS) is 14.4. The summed E-state index contributed by atoms with van der Waals surface area (Å²) in [5.41, 5.74) is 10.6. The largest absolute Gasteiger partial charge is 0.326 e. The Kier molecular flexibility index (Phi) is 5.72. The Morgan fingerprint density at radius 2 is 2.15 bits per heavy atom. The van der Waals surface area contributed by atoms with E-state index in [1.807, 2.05) is 11.6 Å². The van der Waals surface area contributed by atoms with E-state index in [9.17, 15) is 0 Å². The number of benzene rings is 1. The van der Waals surface area contributed by atoms with Crippen molar-refractivity contribution < 1.29 is 0 Å². The van der Waals surface area contributed by atoms with Crippen LogP contribution in [0.2, 0.25) is 0 Å². The van der Waals surface area contributed by atoms with Crippen LogP contribution in [0.1, 0.15) is 30.6 Å². The van der Waals surface area contributed by atoms with E-state index in [4.69, 9.17) is 5.73 Å². The highest BCUT2D eigenvalue weighted by atomic mass is 79.9. The third-order valence-electron chi connectivity index (χ3n) is 3.47. The highest BCUT2D eigenvalue weighted by Gasteiger charge is 2.25. The molecule has 0 amide bonds. The number of hydrogen-bond donors (Lipinski definition) is 1. The summed E-state index contributed by atoms with van der Waals surface area (Å²) < 4.78 is 1.11. The molecular formula is C15H20BrN3S. The smallest absolute Gasteiger partial charge is 0.0795 e. The third-order valence-corrected chi connectivity index (χ3v) is 4.83. The Bertz CT molecular complexity index is 530. The van der Waals surface area contributed by atoms with Crippen molar-refractivity contribution in [2.75, 3.05) is 7.05 Å². The zero-order valence-corrected chi connectivity index (χ0v) is 14.2. The van der Waals surface area contributed by atoms with Crippen molar-refractivity contribution in [3.63, 3.8) is 0 Å². The van der Waals surface area contributed by atoms with Crippen LogP contribution in [0, 0.1) is 0 Å². The van der Waals surface area contributed by atoms with Crippen molar-refractivity contribution in [2.24, 2.45) is 5.73 Å². The van der Waals surface area contributed by atoms with Gasteiger partial charge in [-0.25, -0.2) is 4.98 Å². The summed E-state index contributed by atoms with van der Waals surface area (Å²) in [4.78, 5) is 6.65. The summed E-state index contributed by atoms with van der Waals surface area (Å²) in [7, 11) is 2.11. The summed E-state index contributed by atoms with van der Waals surface area (Å²) in [6, 6.07) is 8.58. The third kappa shape index (κ3) is 3.67. The van der Waals surface area contributed by atoms with E-state index in [-0.39, 0.29) is 12.1 Å². The molecule has 5 heteroatoms. The van der Waals surface area contributed by atoms with Crippen molar-refractivity contribution in [1.29, 1.82) is 0 Å². The van der Waals surface area contributed by atoms with Gasteiger partial charge in [0.2, 0.25) is 0 Å². The fourth-order valence-electron chi connectivity index (χ4n) is 2.40. The second-order valence-corrected chi connectivity index (χ2v) is 6.51. The zero-order valence-electron chi connectivity index (χ0n) is 11.8. The average Bonchev–Trinajstić information content (AvgIpc) is 2.93. The number of nitrogens with zero attached hydrogens (tertiary/aromatic N) is 2. The highest BCUT2D eigenvalue weighted by Crippen LogP contribution is 2.30. The lowest BCUT2D eigenvalue weighted by Crippen LogP contribution is -2.38. The first-order valence-corrected chi connectivity index (χ1v) is 8.44. The summed E-state index contributed by atoms with van der Waals surface area (Å²) >= 11 is 5.27. The molecule has 0 saturated carbocycles. The Morgan fingerprint density at radius 1 is 1.40 bits per heavy atom. The van der Waals surface area contributed by atoms with Crippen molar-refractivity contribution >= 4 is 27.3 Å². The molecule has 2 unspecified atom stereocenters. The monoisotopic (exact) mass is 353 g/mol. The van der Waals surface area contributed by atoms with E-state index < -0.39 is 0 Å². The van der Waals surface area contributed by atoms with Crippen LogP contribution in [0.4, 0.5) is 0 Å². The molecule has 1 heterocycles. The molecule has 2 atom stereocenters. The quantitative estimate of drug-likeness (QED) is 0.858. The molecule has 0 saturated heterocycles. The van der Waals surface area contributed by atoms with Gasteiger partial charge >= 0.3 is 0 Å². The fraction of sp³-hybridized carbons (Fsp3) is 0.400. The molecule has 0 bridgehead atoms. The van der Waals surface area contributed by atoms with Crippen molar-refractivity contribution in [3.8, 4) is 0 Å². The number of nitrogens with two attached hydrogens (primary N) is 1. The highest BCUT2D eigenvalue weighted by molar-refractivity contribution is 9.10. The number of rotatable bonds is 6. The van der Waals surface area contributed by atoms with E-state index in [0.29, 0.717) is 0 Å². The number of aromatic nitrogens is 1. The Labute approximate surface area is 133 Å². The van der Waals surface area contributed by atoms with Gasteiger partial charge in [-0.2, -0.15) is 0 Å². The molecule has 0 aliphatic rings. The molecule has 2 N–H and O–H groups in total. The van der Waals surface area contributed by atoms with Gasteiger partial charge in [-0.3, -0.25) is 4.90 Å². The molecule has 0 spiro atoms. The van der Waals surface area contributed by atoms with Gasteiger partial charge in [0.1, 0.15) is 0 Å². The van der Waals surface area contributed by atoms with E-state index in [1.54, 1.807) is 11.3 Å². The second-order valence-electron chi connectivity index (χ2n) is 4.93. The van der Waals surface area contributed by atoms with Gasteiger partial charge in [0.15, 0.2) is 0 Å². The van der Waals surface area contributed by atoms with Gasteiger partial charge in [-0.1, -0.05) is 41.1 Å². The predicted octanol–water partition coefficient (Wildman–Crippen LogP) is 3.82. The average molecular weight is 354 g/mol. The minimum atomic E-state index is 0.0948. The zero-order chi connectivity index (χ0) is 14.5. The molecule has 3 nitrogen and oxygen atoms in total. The lowest BCUT2D eigenvalue weighted by atomic mass is 9.96. The number of likely N-dealkylation sites (N-methyl/N-ethyl adjacent to an activating group) is 1. The summed E-state index contributed by atoms with van der Waals surface area (Å²) in [6.45, 7) is 2.94. The van der Waals surface area contributed by atoms with Crippen LogP contribution in [0.3, 0.4) is 0 Å². The van der Waals surface area contributed by atoms with E-state index in [1.165, 1.54) is 5.56 Å². The second kappa shape index (κ2) is 7.31. The van der Waals surface area contributed by atoms with Gasteiger partial charge in [0.25, 0.3) is 0 Å². The van der Waals surface area contributed by atoms with Crippen LogP contribution >= 0.6 is 27.3 Å². The van der Waals surface area contributed by atoms with Crippen LogP contribution in [0.25, 0.3) is 0 Å². The predicted molar refractivity (Wildman–Crippen MR) is 88.7 cm³/mol. The molecule has 2 rings (SSSR count). The Hall–Kier alpha value is -0.750. The molecule has 20 heavy (non-hydrogen) atoms. The molecule has 0 radical (unpaired) electrons. The molecule has 108 valence electrons. The van der Waals surface area contributed by atoms with Crippen LogP contribution in [0.5, 0.6) is 0 Å². The number of thiazole rings is 1. The maximum atomic E-state index is 6.37. The van der Waals surface area contributed by atoms with Crippen LogP contribution in [-0.2, 0) is 6.54 Å². The van der Waals surface area contributed by atoms with Gasteiger partial charge in [0, 0.05) is 22.4 Å². The first kappa shape index (κ1) is 15.6. The molecular weight excluding hydrogens is 334 g/mol. The maximum absolute atomic E-state index is 6.37. The number of hydrogen-bond acceptors (Lipinski definition) is 4. The lowest BCUT2D eigenvalue weighted by molar-refractivity contribution is 0.199. The summed E-state index contributed by atoms with van der Waals surface area (Å²) in [6.07, 6.45) is 0.938. The van der Waals surface area contributed by atoms with Crippen molar-refractivity contribution in [3.05, 3.63) is 50.9 Å². The molecule has 1 aromatic carbocycles. The SMILES string of the molecule is CCC(N)C(c1ccccc1Br)N(C)Cc1cscn1. The van der Waals surface area contributed by atoms with Crippen LogP contribution < -0.4 is 5.73 Å². The Balaban J connectivity index is 2.25. The molecule has 0 aliphatic heterocycles. The van der Waals surface area contributed by atoms with Gasteiger partial charge in [-0.15, -0.1) is 11.3 Å². The van der Waals surface area contributed by atoms with Gasteiger partial charge < -0.3 is 5.73 Å². The van der Waals surface area contributed by atoms with Crippen molar-refractivity contribution in [1.82, 2.24) is 9.88 Å². The minimum Gasteiger partial charge on any atom is -0.326 e.